The van der Waals surface area contributed by atoms with Gasteiger partial charge in [-0.1, -0.05) is 11.6 Å². The number of benzene rings is 1. The lowest BCUT2D eigenvalue weighted by molar-refractivity contribution is -0.125. The number of hydrogen-bond donors (Lipinski definition) is 0. The molecule has 2 aliphatic heterocycles. The quantitative estimate of drug-likeness (QED) is 0.346. The number of hydrogen-bond acceptors (Lipinski definition) is 6. The van der Waals surface area contributed by atoms with E-state index in [0.717, 1.165) is 51.1 Å². The summed E-state index contributed by atoms with van der Waals surface area (Å²) in [4.78, 5) is 30.9. The number of nitrogens with zero attached hydrogens (tertiary/aromatic N) is 5. The molecule has 0 bridgehead atoms. The Morgan fingerprint density at radius 2 is 1.72 bits per heavy atom. The van der Waals surface area contributed by atoms with Crippen molar-refractivity contribution in [2.75, 3.05) is 52.9 Å². The van der Waals surface area contributed by atoms with E-state index in [1.807, 2.05) is 18.2 Å². The number of rotatable bonds is 8. The summed E-state index contributed by atoms with van der Waals surface area (Å²) in [7, 11) is 2.14. The van der Waals surface area contributed by atoms with E-state index in [9.17, 15) is 9.59 Å². The van der Waals surface area contributed by atoms with Gasteiger partial charge in [0.05, 0.1) is 6.21 Å². The van der Waals surface area contributed by atoms with Crippen LogP contribution < -0.4 is 0 Å². The van der Waals surface area contributed by atoms with Gasteiger partial charge >= 0.3 is 6.03 Å². The third-order valence-corrected chi connectivity index (χ3v) is 6.07. The van der Waals surface area contributed by atoms with Crippen LogP contribution in [0.5, 0.6) is 0 Å². The maximum Gasteiger partial charge on any atom is 0.347 e. The standard InChI is InChI=1S/C23H28ClN5O3/c1-26-12-14-27(15-13-26)10-2-3-11-28-22(30)17-29(23(28)31)25-16-20-8-9-21(32-20)18-4-6-19(24)7-5-18/h4-9,16H,2-3,10-15,17H2,1H3/b25-16+. The minimum absolute atomic E-state index is 0.0431. The molecule has 2 saturated heterocycles. The lowest BCUT2D eigenvalue weighted by atomic mass is 10.2. The topological polar surface area (TPSA) is 72.6 Å². The summed E-state index contributed by atoms with van der Waals surface area (Å²) in [6, 6.07) is 10.5. The van der Waals surface area contributed by atoms with Crippen molar-refractivity contribution in [1.29, 1.82) is 0 Å². The Kier molecular flexibility index (Phi) is 7.24. The Hall–Kier alpha value is -2.68. The molecule has 1 aromatic heterocycles. The van der Waals surface area contributed by atoms with Gasteiger partial charge in [-0.05, 0) is 62.8 Å². The molecular formula is C23H28ClN5O3. The molecule has 2 aromatic rings. The van der Waals surface area contributed by atoms with Crippen LogP contribution in [0, 0.1) is 0 Å². The number of unbranched alkanes of at least 4 members (excludes halogenated alkanes) is 1. The molecule has 0 aliphatic carbocycles. The lowest BCUT2D eigenvalue weighted by Gasteiger charge is -2.32. The Balaban J connectivity index is 1.25. The van der Waals surface area contributed by atoms with E-state index in [1.165, 1.54) is 16.1 Å². The molecule has 0 atom stereocenters. The number of imide groups is 1. The highest BCUT2D eigenvalue weighted by Gasteiger charge is 2.35. The first-order valence-corrected chi connectivity index (χ1v) is 11.3. The summed E-state index contributed by atoms with van der Waals surface area (Å²) in [6.45, 7) is 5.72. The predicted octanol–water partition coefficient (Wildman–Crippen LogP) is 3.23. The van der Waals surface area contributed by atoms with Gasteiger partial charge in [-0.15, -0.1) is 0 Å². The molecule has 3 amide bonds. The largest absolute Gasteiger partial charge is 0.455 e. The molecule has 0 N–H and O–H groups in total. The zero-order valence-corrected chi connectivity index (χ0v) is 19.0. The van der Waals surface area contributed by atoms with Crippen LogP contribution in [0.4, 0.5) is 4.79 Å². The Bertz CT molecular complexity index is 966. The highest BCUT2D eigenvalue weighted by Crippen LogP contribution is 2.23. The van der Waals surface area contributed by atoms with Gasteiger partial charge in [0.2, 0.25) is 0 Å². The molecule has 32 heavy (non-hydrogen) atoms. The van der Waals surface area contributed by atoms with Gasteiger partial charge in [0.1, 0.15) is 18.1 Å². The summed E-state index contributed by atoms with van der Waals surface area (Å²) in [5.41, 5.74) is 0.893. The molecule has 0 spiro atoms. The number of furan rings is 1. The van der Waals surface area contributed by atoms with Gasteiger partial charge in [0.25, 0.3) is 5.91 Å². The molecule has 0 unspecified atom stereocenters. The number of halogens is 1. The van der Waals surface area contributed by atoms with E-state index in [0.29, 0.717) is 23.1 Å². The average molecular weight is 458 g/mol. The zero-order valence-electron chi connectivity index (χ0n) is 18.2. The van der Waals surface area contributed by atoms with Gasteiger partial charge in [-0.25, -0.2) is 9.80 Å². The van der Waals surface area contributed by atoms with Gasteiger partial charge in [0, 0.05) is 43.3 Å². The Labute approximate surface area is 193 Å². The van der Waals surface area contributed by atoms with Crippen molar-refractivity contribution in [3.63, 3.8) is 0 Å². The fourth-order valence-corrected chi connectivity index (χ4v) is 3.96. The number of hydrazone groups is 1. The van der Waals surface area contributed by atoms with E-state index in [1.54, 1.807) is 18.2 Å². The number of carbonyl (C=O) groups is 2. The minimum Gasteiger partial charge on any atom is -0.455 e. The second-order valence-electron chi connectivity index (χ2n) is 8.19. The van der Waals surface area contributed by atoms with Gasteiger partial charge in [-0.2, -0.15) is 5.10 Å². The number of likely N-dealkylation sites (N-methyl/N-ethyl adjacent to an activating group) is 1. The number of piperazine rings is 1. The molecule has 9 heteroatoms. The summed E-state index contributed by atoms with van der Waals surface area (Å²) in [6.07, 6.45) is 3.22. The zero-order chi connectivity index (χ0) is 22.5. The van der Waals surface area contributed by atoms with Crippen molar-refractivity contribution in [2.45, 2.75) is 12.8 Å². The van der Waals surface area contributed by atoms with E-state index < -0.39 is 0 Å². The molecule has 0 saturated carbocycles. The Morgan fingerprint density at radius 1 is 1.00 bits per heavy atom. The third-order valence-electron chi connectivity index (χ3n) is 5.82. The van der Waals surface area contributed by atoms with Gasteiger partial charge in [-0.3, -0.25) is 9.69 Å². The predicted molar refractivity (Wildman–Crippen MR) is 124 cm³/mol. The number of carbonyl (C=O) groups excluding carboxylic acids is 2. The fraction of sp³-hybridized carbons (Fsp3) is 0.435. The van der Waals surface area contributed by atoms with Crippen LogP contribution in [0.15, 0.2) is 45.9 Å². The maximum absolute atomic E-state index is 12.6. The summed E-state index contributed by atoms with van der Waals surface area (Å²) in [5, 5.41) is 6.02. The highest BCUT2D eigenvalue weighted by molar-refractivity contribution is 6.30. The molecule has 1 aromatic carbocycles. The monoisotopic (exact) mass is 457 g/mol. The summed E-state index contributed by atoms with van der Waals surface area (Å²) in [5.74, 6) is 0.961. The number of urea groups is 1. The molecule has 2 aliphatic rings. The van der Waals surface area contributed by atoms with E-state index >= 15 is 0 Å². The van der Waals surface area contributed by atoms with E-state index in [2.05, 4.69) is 21.9 Å². The van der Waals surface area contributed by atoms with Crippen molar-refractivity contribution in [1.82, 2.24) is 19.7 Å². The van der Waals surface area contributed by atoms with Crippen molar-refractivity contribution in [3.05, 3.63) is 47.2 Å². The first kappa shape index (κ1) is 22.5. The van der Waals surface area contributed by atoms with E-state index in [-0.39, 0.29) is 18.5 Å². The van der Waals surface area contributed by atoms with Crippen molar-refractivity contribution < 1.29 is 14.0 Å². The van der Waals surface area contributed by atoms with Crippen LogP contribution in [0.2, 0.25) is 5.02 Å². The van der Waals surface area contributed by atoms with Crippen molar-refractivity contribution in [2.24, 2.45) is 5.10 Å². The number of amides is 3. The minimum atomic E-state index is -0.379. The first-order chi connectivity index (χ1) is 15.5. The van der Waals surface area contributed by atoms with Gasteiger partial charge < -0.3 is 14.2 Å². The SMILES string of the molecule is CN1CCN(CCCCN2C(=O)CN(/N=C/c3ccc(-c4ccc(Cl)cc4)o3)C2=O)CC1. The Morgan fingerprint density at radius 3 is 2.47 bits per heavy atom. The fourth-order valence-electron chi connectivity index (χ4n) is 3.83. The van der Waals surface area contributed by atoms with Crippen molar-refractivity contribution in [3.8, 4) is 11.3 Å². The summed E-state index contributed by atoms with van der Waals surface area (Å²) >= 11 is 5.92. The third kappa shape index (κ3) is 5.56. The smallest absolute Gasteiger partial charge is 0.347 e. The van der Waals surface area contributed by atoms with Crippen LogP contribution in [0.1, 0.15) is 18.6 Å². The normalized spacial score (nSPS) is 18.4. The molecule has 2 fully saturated rings. The van der Waals surface area contributed by atoms with E-state index in [4.69, 9.17) is 16.0 Å². The first-order valence-electron chi connectivity index (χ1n) is 10.9. The molecule has 4 rings (SSSR count). The molecular weight excluding hydrogens is 430 g/mol. The van der Waals surface area contributed by atoms with Gasteiger partial charge in [0.15, 0.2) is 0 Å². The average Bonchev–Trinajstić information content (AvgIpc) is 3.36. The van der Waals surface area contributed by atoms with Crippen LogP contribution in [0.25, 0.3) is 11.3 Å². The van der Waals surface area contributed by atoms with Crippen LogP contribution in [-0.2, 0) is 4.79 Å². The second-order valence-corrected chi connectivity index (χ2v) is 8.63. The van der Waals surface area contributed by atoms with Crippen LogP contribution >= 0.6 is 11.6 Å². The molecule has 3 heterocycles. The summed E-state index contributed by atoms with van der Waals surface area (Å²) < 4.78 is 5.77. The lowest BCUT2D eigenvalue weighted by Crippen LogP contribution is -2.44. The highest BCUT2D eigenvalue weighted by atomic mass is 35.5. The van der Waals surface area contributed by atoms with Crippen molar-refractivity contribution >= 4 is 29.8 Å². The molecule has 170 valence electrons. The van der Waals surface area contributed by atoms with Crippen LogP contribution in [-0.4, -0.2) is 90.7 Å². The van der Waals surface area contributed by atoms with Crippen LogP contribution in [0.3, 0.4) is 0 Å². The molecule has 8 nitrogen and oxygen atoms in total. The molecule has 0 radical (unpaired) electrons. The maximum atomic E-state index is 12.6. The second kappa shape index (κ2) is 10.3.